The molecule has 3 rings (SSSR count). The number of aromatic amines is 1. The van der Waals surface area contributed by atoms with Crippen molar-refractivity contribution in [2.24, 2.45) is 0 Å². The number of nitrogen functional groups attached to an aromatic ring is 1. The second-order valence-electron chi connectivity index (χ2n) is 4.40. The second-order valence-corrected chi connectivity index (χ2v) is 6.16. The zero-order valence-corrected chi connectivity index (χ0v) is 13.7. The first-order valence-electron chi connectivity index (χ1n) is 5.97. The number of benzene rings is 2. The van der Waals surface area contributed by atoms with Gasteiger partial charge in [-0.3, -0.25) is 5.10 Å². The van der Waals surface area contributed by atoms with E-state index >= 15 is 0 Å². The van der Waals surface area contributed by atoms with Crippen molar-refractivity contribution >= 4 is 44.8 Å². The highest BCUT2D eigenvalue weighted by atomic mass is 79.9. The fraction of sp³-hybridized carbons (Fsp3) is 0. The summed E-state index contributed by atoms with van der Waals surface area (Å²) in [5.41, 5.74) is 7.93. The Kier molecular flexibility index (Phi) is 3.89. The molecule has 106 valence electrons. The summed E-state index contributed by atoms with van der Waals surface area (Å²) in [6.45, 7) is 0. The van der Waals surface area contributed by atoms with E-state index in [1.807, 2.05) is 12.1 Å². The van der Waals surface area contributed by atoms with Gasteiger partial charge in [-0.25, -0.2) is 4.98 Å². The lowest BCUT2D eigenvalue weighted by atomic mass is 10.2. The SMILES string of the molecule is Nc1cc(-c2nc(-c3cc(Cl)cc(Br)c3)n[nH]2)ccc1Cl. The third kappa shape index (κ3) is 3.05. The lowest BCUT2D eigenvalue weighted by Crippen LogP contribution is -1.88. The molecule has 1 aromatic heterocycles. The zero-order valence-electron chi connectivity index (χ0n) is 10.6. The Bertz CT molecular complexity index is 796. The van der Waals surface area contributed by atoms with Crippen LogP contribution < -0.4 is 5.73 Å². The number of nitrogens with zero attached hydrogens (tertiary/aromatic N) is 2. The van der Waals surface area contributed by atoms with Crippen molar-refractivity contribution in [3.63, 3.8) is 0 Å². The van der Waals surface area contributed by atoms with Gasteiger partial charge in [0, 0.05) is 20.6 Å². The van der Waals surface area contributed by atoms with Gasteiger partial charge in [0.1, 0.15) is 0 Å². The molecule has 0 saturated carbocycles. The van der Waals surface area contributed by atoms with Gasteiger partial charge in [-0.15, -0.1) is 0 Å². The molecule has 0 amide bonds. The number of halogens is 3. The van der Waals surface area contributed by atoms with E-state index < -0.39 is 0 Å². The molecule has 0 saturated heterocycles. The minimum atomic E-state index is 0.498. The van der Waals surface area contributed by atoms with Crippen LogP contribution in [0.4, 0.5) is 5.69 Å². The molecule has 3 N–H and O–H groups in total. The fourth-order valence-electron chi connectivity index (χ4n) is 1.89. The molecule has 21 heavy (non-hydrogen) atoms. The minimum Gasteiger partial charge on any atom is -0.398 e. The first-order chi connectivity index (χ1) is 10.0. The largest absolute Gasteiger partial charge is 0.398 e. The molecule has 0 radical (unpaired) electrons. The first-order valence-corrected chi connectivity index (χ1v) is 7.52. The smallest absolute Gasteiger partial charge is 0.181 e. The Hall–Kier alpha value is -1.56. The maximum Gasteiger partial charge on any atom is 0.181 e. The highest BCUT2D eigenvalue weighted by Gasteiger charge is 2.10. The molecule has 0 atom stereocenters. The predicted molar refractivity (Wildman–Crippen MR) is 89.4 cm³/mol. The van der Waals surface area contributed by atoms with E-state index in [1.165, 1.54) is 0 Å². The van der Waals surface area contributed by atoms with Crippen LogP contribution in [0.25, 0.3) is 22.8 Å². The molecule has 0 aliphatic carbocycles. The molecule has 0 bridgehead atoms. The van der Waals surface area contributed by atoms with Crippen LogP contribution in [0, 0.1) is 0 Å². The maximum absolute atomic E-state index is 6.04. The molecule has 7 heteroatoms. The van der Waals surface area contributed by atoms with Crippen LogP contribution in [0.2, 0.25) is 10.0 Å². The van der Waals surface area contributed by atoms with Gasteiger partial charge < -0.3 is 5.73 Å². The Labute approximate surface area is 139 Å². The van der Waals surface area contributed by atoms with E-state index in [1.54, 1.807) is 24.3 Å². The molecule has 1 heterocycles. The lowest BCUT2D eigenvalue weighted by molar-refractivity contribution is 1.10. The average molecular weight is 384 g/mol. The molecule has 4 nitrogen and oxygen atoms in total. The molecule has 0 fully saturated rings. The van der Waals surface area contributed by atoms with Crippen LogP contribution >= 0.6 is 39.1 Å². The summed E-state index contributed by atoms with van der Waals surface area (Å²) in [5.74, 6) is 1.17. The molecule has 0 spiro atoms. The molecule has 0 aliphatic rings. The van der Waals surface area contributed by atoms with Crippen LogP contribution in [0.3, 0.4) is 0 Å². The Balaban J connectivity index is 2.01. The molecular weight excluding hydrogens is 375 g/mol. The van der Waals surface area contributed by atoms with E-state index in [9.17, 15) is 0 Å². The summed E-state index contributed by atoms with van der Waals surface area (Å²) in [6, 6.07) is 10.8. The molecular formula is C14H9BrCl2N4. The molecule has 0 unspecified atom stereocenters. The molecule has 2 aromatic carbocycles. The van der Waals surface area contributed by atoms with E-state index in [-0.39, 0.29) is 0 Å². The number of rotatable bonds is 2. The van der Waals surface area contributed by atoms with Gasteiger partial charge in [0.25, 0.3) is 0 Å². The minimum absolute atomic E-state index is 0.498. The van der Waals surface area contributed by atoms with Crippen LogP contribution in [-0.4, -0.2) is 15.2 Å². The van der Waals surface area contributed by atoms with Gasteiger partial charge in [0.05, 0.1) is 10.7 Å². The Morgan fingerprint density at radius 2 is 1.86 bits per heavy atom. The van der Waals surface area contributed by atoms with E-state index in [2.05, 4.69) is 31.1 Å². The van der Waals surface area contributed by atoms with E-state index in [4.69, 9.17) is 28.9 Å². The van der Waals surface area contributed by atoms with E-state index in [0.29, 0.717) is 27.4 Å². The number of anilines is 1. The highest BCUT2D eigenvalue weighted by Crippen LogP contribution is 2.28. The number of nitrogens with two attached hydrogens (primary N) is 1. The summed E-state index contributed by atoms with van der Waals surface area (Å²) in [5, 5.41) is 8.22. The summed E-state index contributed by atoms with van der Waals surface area (Å²) in [6.07, 6.45) is 0. The number of nitrogens with one attached hydrogen (secondary N) is 1. The van der Waals surface area contributed by atoms with Crippen molar-refractivity contribution in [3.05, 3.63) is 50.9 Å². The Morgan fingerprint density at radius 3 is 2.57 bits per heavy atom. The maximum atomic E-state index is 6.04. The first kappa shape index (κ1) is 14.4. The molecule has 3 aromatic rings. The van der Waals surface area contributed by atoms with Gasteiger partial charge in [-0.1, -0.05) is 39.1 Å². The van der Waals surface area contributed by atoms with Crippen molar-refractivity contribution in [2.75, 3.05) is 5.73 Å². The number of hydrogen-bond acceptors (Lipinski definition) is 3. The third-order valence-electron chi connectivity index (χ3n) is 2.88. The van der Waals surface area contributed by atoms with Crippen molar-refractivity contribution < 1.29 is 0 Å². The summed E-state index contributed by atoms with van der Waals surface area (Å²) in [7, 11) is 0. The van der Waals surface area contributed by atoms with Crippen molar-refractivity contribution in [3.8, 4) is 22.8 Å². The number of aromatic nitrogens is 3. The lowest BCUT2D eigenvalue weighted by Gasteiger charge is -2.00. The van der Waals surface area contributed by atoms with Crippen molar-refractivity contribution in [1.82, 2.24) is 15.2 Å². The van der Waals surface area contributed by atoms with Crippen LogP contribution in [0.5, 0.6) is 0 Å². The monoisotopic (exact) mass is 382 g/mol. The van der Waals surface area contributed by atoms with Gasteiger partial charge in [0.2, 0.25) is 0 Å². The van der Waals surface area contributed by atoms with Crippen LogP contribution in [-0.2, 0) is 0 Å². The van der Waals surface area contributed by atoms with E-state index in [0.717, 1.165) is 15.6 Å². The van der Waals surface area contributed by atoms with Gasteiger partial charge in [0.15, 0.2) is 11.6 Å². The standard InChI is InChI=1S/C14H9BrCl2N4/c15-9-3-8(4-10(16)6-9)14-19-13(20-21-14)7-1-2-11(17)12(18)5-7/h1-6H,18H2,(H,19,20,21). The van der Waals surface area contributed by atoms with Crippen LogP contribution in [0.15, 0.2) is 40.9 Å². The van der Waals surface area contributed by atoms with Gasteiger partial charge >= 0.3 is 0 Å². The zero-order chi connectivity index (χ0) is 15.0. The fourth-order valence-corrected chi connectivity index (χ4v) is 2.87. The van der Waals surface area contributed by atoms with Gasteiger partial charge in [-0.05, 0) is 36.4 Å². The predicted octanol–water partition coefficient (Wildman–Crippen LogP) is 4.79. The number of hydrogen-bond donors (Lipinski definition) is 2. The topological polar surface area (TPSA) is 67.6 Å². The van der Waals surface area contributed by atoms with Crippen LogP contribution in [0.1, 0.15) is 0 Å². The van der Waals surface area contributed by atoms with Crippen molar-refractivity contribution in [2.45, 2.75) is 0 Å². The summed E-state index contributed by atoms with van der Waals surface area (Å²) < 4.78 is 0.868. The highest BCUT2D eigenvalue weighted by molar-refractivity contribution is 9.10. The third-order valence-corrected chi connectivity index (χ3v) is 3.90. The Morgan fingerprint density at radius 1 is 1.05 bits per heavy atom. The molecule has 0 aliphatic heterocycles. The van der Waals surface area contributed by atoms with Crippen molar-refractivity contribution in [1.29, 1.82) is 0 Å². The van der Waals surface area contributed by atoms with Gasteiger partial charge in [-0.2, -0.15) is 5.10 Å². The quantitative estimate of drug-likeness (QED) is 0.625. The number of H-pyrrole nitrogens is 1. The second kappa shape index (κ2) is 5.67. The summed E-state index contributed by atoms with van der Waals surface area (Å²) in [4.78, 5) is 4.46. The average Bonchev–Trinajstić information content (AvgIpc) is 2.90. The normalized spacial score (nSPS) is 10.8. The summed E-state index contributed by atoms with van der Waals surface area (Å²) >= 11 is 15.3.